The molecule has 0 heterocycles. The number of nitrogens with one attached hydrogen (secondary N) is 1. The highest BCUT2D eigenvalue weighted by molar-refractivity contribution is 5.02. The summed E-state index contributed by atoms with van der Waals surface area (Å²) in [6.45, 7) is 18.8. The van der Waals surface area contributed by atoms with Gasteiger partial charge in [0.25, 0.3) is 0 Å². The fourth-order valence-electron chi connectivity index (χ4n) is 1.74. The molecule has 0 aliphatic rings. The lowest BCUT2D eigenvalue weighted by Gasteiger charge is -2.26. The Labute approximate surface area is 108 Å². The second kappa shape index (κ2) is 8.21. The fraction of sp³-hybridized carbons (Fsp3) is 0.733. The topological polar surface area (TPSA) is 15.3 Å². The second-order valence-electron chi connectivity index (χ2n) is 5.37. The van der Waals surface area contributed by atoms with Crippen LogP contribution in [0.25, 0.3) is 0 Å². The van der Waals surface area contributed by atoms with Crippen LogP contribution in [0.2, 0.25) is 0 Å². The highest BCUT2D eigenvalue weighted by Crippen LogP contribution is 2.10. The summed E-state index contributed by atoms with van der Waals surface area (Å²) >= 11 is 0. The summed E-state index contributed by atoms with van der Waals surface area (Å²) in [6.07, 6.45) is 2.54. The highest BCUT2D eigenvalue weighted by atomic mass is 15.1. The number of nitrogens with zero attached hydrogens (tertiary/aromatic N) is 1. The van der Waals surface area contributed by atoms with E-state index >= 15 is 0 Å². The van der Waals surface area contributed by atoms with Crippen LogP contribution in [0.1, 0.15) is 40.5 Å². The lowest BCUT2D eigenvalue weighted by molar-refractivity contribution is 0.327. The molecule has 0 radical (unpaired) electrons. The first kappa shape index (κ1) is 16.1. The van der Waals surface area contributed by atoms with Gasteiger partial charge in [0.05, 0.1) is 6.54 Å². The Morgan fingerprint density at radius 2 is 1.82 bits per heavy atom. The van der Waals surface area contributed by atoms with Gasteiger partial charge in [-0.15, -0.1) is 0 Å². The van der Waals surface area contributed by atoms with E-state index in [1.165, 1.54) is 12.8 Å². The Balaban J connectivity index is 3.93. The van der Waals surface area contributed by atoms with Crippen molar-refractivity contribution in [3.63, 3.8) is 0 Å². The number of allylic oxidation sites excluding steroid dienone is 1. The SMILES string of the molecule is C=C(NCC(=C)N(C)CC(C)CCC)C(C)C. The van der Waals surface area contributed by atoms with Gasteiger partial charge in [0.2, 0.25) is 0 Å². The third-order valence-electron chi connectivity index (χ3n) is 3.12. The summed E-state index contributed by atoms with van der Waals surface area (Å²) in [5.41, 5.74) is 2.22. The smallest absolute Gasteiger partial charge is 0.0540 e. The molecule has 0 saturated carbocycles. The number of hydrogen-bond donors (Lipinski definition) is 1. The highest BCUT2D eigenvalue weighted by Gasteiger charge is 2.08. The molecule has 17 heavy (non-hydrogen) atoms. The van der Waals surface area contributed by atoms with Crippen molar-refractivity contribution >= 4 is 0 Å². The minimum absolute atomic E-state index is 0.479. The first-order valence-corrected chi connectivity index (χ1v) is 6.70. The van der Waals surface area contributed by atoms with Crippen molar-refractivity contribution in [2.45, 2.75) is 40.5 Å². The standard InChI is InChI=1S/C15H30N2/c1-8-9-13(4)11-17(7)14(5)10-16-15(6)12(2)3/h12-13,16H,5-6,8-11H2,1-4,7H3. The van der Waals surface area contributed by atoms with Gasteiger partial charge in [-0.3, -0.25) is 0 Å². The second-order valence-corrected chi connectivity index (χ2v) is 5.37. The first-order valence-electron chi connectivity index (χ1n) is 6.70. The van der Waals surface area contributed by atoms with E-state index in [9.17, 15) is 0 Å². The van der Waals surface area contributed by atoms with Crippen LogP contribution >= 0.6 is 0 Å². The van der Waals surface area contributed by atoms with Crippen molar-refractivity contribution < 1.29 is 0 Å². The average molecular weight is 238 g/mol. The van der Waals surface area contributed by atoms with Gasteiger partial charge in [-0.1, -0.05) is 47.3 Å². The predicted octanol–water partition coefficient (Wildman–Crippen LogP) is 3.63. The minimum Gasteiger partial charge on any atom is -0.383 e. The molecule has 0 bridgehead atoms. The molecule has 0 fully saturated rings. The van der Waals surface area contributed by atoms with Crippen molar-refractivity contribution in [2.24, 2.45) is 11.8 Å². The molecule has 0 rings (SSSR count). The third-order valence-corrected chi connectivity index (χ3v) is 3.12. The Morgan fingerprint density at radius 1 is 1.24 bits per heavy atom. The van der Waals surface area contributed by atoms with Crippen LogP contribution in [-0.4, -0.2) is 25.0 Å². The van der Waals surface area contributed by atoms with E-state index in [0.717, 1.165) is 30.4 Å². The molecule has 0 saturated heterocycles. The summed E-state index contributed by atoms with van der Waals surface area (Å²) in [6, 6.07) is 0. The van der Waals surface area contributed by atoms with Crippen LogP contribution in [0.3, 0.4) is 0 Å². The van der Waals surface area contributed by atoms with Crippen molar-refractivity contribution in [1.29, 1.82) is 0 Å². The molecular formula is C15H30N2. The van der Waals surface area contributed by atoms with Crippen LogP contribution in [0.4, 0.5) is 0 Å². The molecule has 0 aromatic heterocycles. The normalized spacial score (nSPS) is 12.4. The van der Waals surface area contributed by atoms with Crippen molar-refractivity contribution in [3.8, 4) is 0 Å². The number of hydrogen-bond acceptors (Lipinski definition) is 2. The zero-order valence-electron chi connectivity index (χ0n) is 12.3. The molecule has 1 unspecified atom stereocenters. The number of likely N-dealkylation sites (N-methyl/N-ethyl adjacent to an activating group) is 1. The van der Waals surface area contributed by atoms with Gasteiger partial charge in [0, 0.05) is 25.0 Å². The van der Waals surface area contributed by atoms with Crippen LogP contribution in [-0.2, 0) is 0 Å². The zero-order valence-corrected chi connectivity index (χ0v) is 12.3. The van der Waals surface area contributed by atoms with E-state index in [4.69, 9.17) is 0 Å². The largest absolute Gasteiger partial charge is 0.383 e. The Hall–Kier alpha value is -0.920. The molecule has 0 spiro atoms. The van der Waals surface area contributed by atoms with Gasteiger partial charge in [0.1, 0.15) is 0 Å². The zero-order chi connectivity index (χ0) is 13.4. The van der Waals surface area contributed by atoms with Crippen LogP contribution in [0.5, 0.6) is 0 Å². The van der Waals surface area contributed by atoms with Gasteiger partial charge < -0.3 is 10.2 Å². The predicted molar refractivity (Wildman–Crippen MR) is 77.8 cm³/mol. The molecule has 0 aromatic rings. The first-order chi connectivity index (χ1) is 7.88. The van der Waals surface area contributed by atoms with E-state index < -0.39 is 0 Å². The lowest BCUT2D eigenvalue weighted by atomic mass is 10.1. The van der Waals surface area contributed by atoms with Gasteiger partial charge >= 0.3 is 0 Å². The molecule has 2 nitrogen and oxygen atoms in total. The van der Waals surface area contributed by atoms with Crippen molar-refractivity contribution in [2.75, 3.05) is 20.1 Å². The van der Waals surface area contributed by atoms with Gasteiger partial charge in [-0.25, -0.2) is 0 Å². The maximum atomic E-state index is 4.12. The summed E-state index contributed by atoms with van der Waals surface area (Å²) in [5, 5.41) is 3.33. The third kappa shape index (κ3) is 7.09. The quantitative estimate of drug-likeness (QED) is 0.660. The fourth-order valence-corrected chi connectivity index (χ4v) is 1.74. The average Bonchev–Trinajstić information content (AvgIpc) is 2.25. The number of rotatable bonds is 9. The summed E-state index contributed by atoms with van der Waals surface area (Å²) in [5.74, 6) is 1.21. The summed E-state index contributed by atoms with van der Waals surface area (Å²) < 4.78 is 0. The molecule has 1 N–H and O–H groups in total. The Bertz CT molecular complexity index is 243. The Kier molecular flexibility index (Phi) is 7.77. The molecular weight excluding hydrogens is 208 g/mol. The molecule has 0 aliphatic heterocycles. The minimum atomic E-state index is 0.479. The van der Waals surface area contributed by atoms with Crippen LogP contribution < -0.4 is 5.32 Å². The molecule has 0 aliphatic carbocycles. The molecule has 1 atom stereocenters. The molecule has 0 aromatic carbocycles. The maximum Gasteiger partial charge on any atom is 0.0540 e. The summed E-state index contributed by atoms with van der Waals surface area (Å²) in [4.78, 5) is 2.25. The molecule has 2 heteroatoms. The van der Waals surface area contributed by atoms with Gasteiger partial charge in [-0.2, -0.15) is 0 Å². The van der Waals surface area contributed by atoms with E-state index in [0.29, 0.717) is 5.92 Å². The van der Waals surface area contributed by atoms with Gasteiger partial charge in [0.15, 0.2) is 0 Å². The summed E-state index contributed by atoms with van der Waals surface area (Å²) in [7, 11) is 2.12. The van der Waals surface area contributed by atoms with E-state index in [2.05, 4.69) is 58.1 Å². The molecule has 0 amide bonds. The monoisotopic (exact) mass is 238 g/mol. The van der Waals surface area contributed by atoms with Crippen LogP contribution in [0, 0.1) is 11.8 Å². The van der Waals surface area contributed by atoms with Crippen molar-refractivity contribution in [1.82, 2.24) is 10.2 Å². The Morgan fingerprint density at radius 3 is 2.29 bits per heavy atom. The van der Waals surface area contributed by atoms with Gasteiger partial charge in [-0.05, 0) is 18.3 Å². The molecule has 100 valence electrons. The van der Waals surface area contributed by atoms with Crippen LogP contribution in [0.15, 0.2) is 24.6 Å². The maximum absolute atomic E-state index is 4.12. The van der Waals surface area contributed by atoms with E-state index in [1.54, 1.807) is 0 Å². The lowest BCUT2D eigenvalue weighted by Crippen LogP contribution is -2.30. The van der Waals surface area contributed by atoms with E-state index in [1.807, 2.05) is 0 Å². The van der Waals surface area contributed by atoms with Crippen molar-refractivity contribution in [3.05, 3.63) is 24.6 Å². The van der Waals surface area contributed by atoms with E-state index in [-0.39, 0.29) is 0 Å².